The number of amides is 1. The second-order valence-corrected chi connectivity index (χ2v) is 2.23. The average molecular weight is 145 g/mol. The molecule has 0 bridgehead atoms. The van der Waals surface area contributed by atoms with Crippen LogP contribution in [0.4, 0.5) is 4.79 Å². The lowest BCUT2D eigenvalue weighted by Crippen LogP contribution is -2.15. The fourth-order valence-corrected chi connectivity index (χ4v) is 0.856. The SMILES string of the molecule is COCC1CN1C(=O)OC. The topological polar surface area (TPSA) is 38.5 Å². The zero-order valence-corrected chi connectivity index (χ0v) is 6.16. The molecule has 1 rings (SSSR count). The molecule has 0 aromatic carbocycles. The van der Waals surface area contributed by atoms with Crippen LogP contribution < -0.4 is 0 Å². The molecule has 1 aliphatic heterocycles. The van der Waals surface area contributed by atoms with Crippen molar-refractivity contribution in [3.8, 4) is 0 Å². The third kappa shape index (κ3) is 1.39. The average Bonchev–Trinajstić information content (AvgIpc) is 2.67. The molecule has 58 valence electrons. The number of methoxy groups -OCH3 is 2. The van der Waals surface area contributed by atoms with Crippen molar-refractivity contribution < 1.29 is 14.3 Å². The molecular weight excluding hydrogens is 134 g/mol. The summed E-state index contributed by atoms with van der Waals surface area (Å²) >= 11 is 0. The van der Waals surface area contributed by atoms with E-state index in [1.165, 1.54) is 7.11 Å². The maximum Gasteiger partial charge on any atom is 0.409 e. The van der Waals surface area contributed by atoms with Gasteiger partial charge in [0.05, 0.1) is 19.8 Å². The summed E-state index contributed by atoms with van der Waals surface area (Å²) in [5, 5.41) is 0. The number of carbonyl (C=O) groups excluding carboxylic acids is 1. The molecule has 0 N–H and O–H groups in total. The maximum absolute atomic E-state index is 10.7. The van der Waals surface area contributed by atoms with E-state index in [-0.39, 0.29) is 12.1 Å². The highest BCUT2D eigenvalue weighted by Crippen LogP contribution is 2.17. The van der Waals surface area contributed by atoms with Crippen LogP contribution in [0, 0.1) is 0 Å². The molecular formula is C6H11NO3. The molecule has 0 spiro atoms. The van der Waals surface area contributed by atoms with Gasteiger partial charge in [0.1, 0.15) is 0 Å². The van der Waals surface area contributed by atoms with Crippen LogP contribution in [0.25, 0.3) is 0 Å². The van der Waals surface area contributed by atoms with E-state index in [0.717, 1.165) is 6.54 Å². The van der Waals surface area contributed by atoms with Crippen LogP contribution in [0.15, 0.2) is 0 Å². The van der Waals surface area contributed by atoms with E-state index >= 15 is 0 Å². The fraction of sp³-hybridized carbons (Fsp3) is 0.833. The minimum atomic E-state index is -0.262. The van der Waals surface area contributed by atoms with Gasteiger partial charge in [0, 0.05) is 13.7 Å². The normalized spacial score (nSPS) is 22.6. The molecule has 1 aliphatic rings. The third-order valence-corrected chi connectivity index (χ3v) is 1.48. The molecule has 1 heterocycles. The summed E-state index contributed by atoms with van der Waals surface area (Å²) in [7, 11) is 3.00. The summed E-state index contributed by atoms with van der Waals surface area (Å²) in [6.45, 7) is 1.37. The molecule has 0 aromatic rings. The van der Waals surface area contributed by atoms with Crippen molar-refractivity contribution in [3.05, 3.63) is 0 Å². The van der Waals surface area contributed by atoms with Crippen molar-refractivity contribution in [3.63, 3.8) is 0 Å². The van der Waals surface area contributed by atoms with E-state index in [1.54, 1.807) is 12.0 Å². The first-order valence-corrected chi connectivity index (χ1v) is 3.13. The Bertz CT molecular complexity index is 137. The molecule has 1 fully saturated rings. The Hall–Kier alpha value is -0.770. The van der Waals surface area contributed by atoms with Gasteiger partial charge in [0.15, 0.2) is 0 Å². The van der Waals surface area contributed by atoms with E-state index in [1.807, 2.05) is 0 Å². The van der Waals surface area contributed by atoms with Crippen LogP contribution in [-0.4, -0.2) is 44.4 Å². The van der Waals surface area contributed by atoms with E-state index in [9.17, 15) is 4.79 Å². The quantitative estimate of drug-likeness (QED) is 0.516. The molecule has 1 atom stereocenters. The summed E-state index contributed by atoms with van der Waals surface area (Å²) in [5.41, 5.74) is 0. The molecule has 0 saturated carbocycles. The highest BCUT2D eigenvalue weighted by atomic mass is 16.5. The molecule has 0 radical (unpaired) electrons. The molecule has 0 aliphatic carbocycles. The van der Waals surface area contributed by atoms with Crippen LogP contribution in [-0.2, 0) is 9.47 Å². The Labute approximate surface area is 59.7 Å². The Morgan fingerprint density at radius 3 is 2.90 bits per heavy atom. The Morgan fingerprint density at radius 1 is 1.70 bits per heavy atom. The number of hydrogen-bond acceptors (Lipinski definition) is 3. The van der Waals surface area contributed by atoms with Gasteiger partial charge in [0.2, 0.25) is 0 Å². The van der Waals surface area contributed by atoms with Crippen molar-refractivity contribution in [2.24, 2.45) is 0 Å². The summed E-state index contributed by atoms with van der Waals surface area (Å²) < 4.78 is 9.32. The second-order valence-electron chi connectivity index (χ2n) is 2.23. The van der Waals surface area contributed by atoms with Crippen LogP contribution in [0.3, 0.4) is 0 Å². The van der Waals surface area contributed by atoms with Crippen molar-refractivity contribution in [2.45, 2.75) is 6.04 Å². The van der Waals surface area contributed by atoms with Crippen LogP contribution in [0.1, 0.15) is 0 Å². The zero-order chi connectivity index (χ0) is 7.56. The number of carbonyl (C=O) groups is 1. The number of hydrogen-bond donors (Lipinski definition) is 0. The van der Waals surface area contributed by atoms with Gasteiger partial charge in [0.25, 0.3) is 0 Å². The molecule has 1 unspecified atom stereocenters. The Balaban J connectivity index is 2.18. The van der Waals surface area contributed by atoms with E-state index in [4.69, 9.17) is 4.74 Å². The fourth-order valence-electron chi connectivity index (χ4n) is 0.856. The summed E-state index contributed by atoms with van der Waals surface area (Å²) in [6.07, 6.45) is -0.262. The first kappa shape index (κ1) is 7.34. The maximum atomic E-state index is 10.7. The highest BCUT2D eigenvalue weighted by molar-refractivity contribution is 5.70. The minimum absolute atomic E-state index is 0.248. The highest BCUT2D eigenvalue weighted by Gasteiger charge is 2.38. The van der Waals surface area contributed by atoms with Gasteiger partial charge in [-0.05, 0) is 0 Å². The number of rotatable bonds is 2. The summed E-state index contributed by atoms with van der Waals surface area (Å²) in [6, 6.07) is 0.248. The van der Waals surface area contributed by atoms with Crippen LogP contribution in [0.2, 0.25) is 0 Å². The van der Waals surface area contributed by atoms with Crippen molar-refractivity contribution in [1.82, 2.24) is 4.90 Å². The molecule has 0 aromatic heterocycles. The predicted molar refractivity (Wildman–Crippen MR) is 34.8 cm³/mol. The molecule has 10 heavy (non-hydrogen) atoms. The van der Waals surface area contributed by atoms with Gasteiger partial charge >= 0.3 is 6.09 Å². The molecule has 1 amide bonds. The summed E-state index contributed by atoms with van der Waals surface area (Å²) in [5.74, 6) is 0. The van der Waals surface area contributed by atoms with Gasteiger partial charge in [-0.15, -0.1) is 0 Å². The van der Waals surface area contributed by atoms with Crippen LogP contribution in [0.5, 0.6) is 0 Å². The summed E-state index contributed by atoms with van der Waals surface area (Å²) in [4.78, 5) is 12.3. The minimum Gasteiger partial charge on any atom is -0.453 e. The largest absolute Gasteiger partial charge is 0.453 e. The van der Waals surface area contributed by atoms with Gasteiger partial charge in [-0.3, -0.25) is 4.90 Å². The number of nitrogens with zero attached hydrogens (tertiary/aromatic N) is 1. The first-order chi connectivity index (χ1) is 4.79. The number of ether oxygens (including phenoxy) is 2. The van der Waals surface area contributed by atoms with Crippen molar-refractivity contribution in [1.29, 1.82) is 0 Å². The smallest absolute Gasteiger partial charge is 0.409 e. The predicted octanol–water partition coefficient (Wildman–Crippen LogP) is 0.0834. The Morgan fingerprint density at radius 2 is 2.40 bits per heavy atom. The van der Waals surface area contributed by atoms with Gasteiger partial charge in [-0.25, -0.2) is 4.79 Å². The van der Waals surface area contributed by atoms with Gasteiger partial charge < -0.3 is 9.47 Å². The first-order valence-electron chi connectivity index (χ1n) is 3.13. The molecule has 4 heteroatoms. The molecule has 1 saturated heterocycles. The van der Waals surface area contributed by atoms with E-state index < -0.39 is 0 Å². The monoisotopic (exact) mass is 145 g/mol. The standard InChI is InChI=1S/C6H11NO3/c1-9-4-5-3-7(5)6(8)10-2/h5H,3-4H2,1-2H3. The van der Waals surface area contributed by atoms with E-state index in [2.05, 4.69) is 4.74 Å². The van der Waals surface area contributed by atoms with Crippen LogP contribution >= 0.6 is 0 Å². The zero-order valence-electron chi connectivity index (χ0n) is 6.16. The van der Waals surface area contributed by atoms with Gasteiger partial charge in [-0.1, -0.05) is 0 Å². The van der Waals surface area contributed by atoms with E-state index in [0.29, 0.717) is 6.61 Å². The van der Waals surface area contributed by atoms with Crippen molar-refractivity contribution in [2.75, 3.05) is 27.4 Å². The van der Waals surface area contributed by atoms with Crippen molar-refractivity contribution >= 4 is 6.09 Å². The third-order valence-electron chi connectivity index (χ3n) is 1.48. The Kier molecular flexibility index (Phi) is 2.11. The van der Waals surface area contributed by atoms with Gasteiger partial charge in [-0.2, -0.15) is 0 Å². The lowest BCUT2D eigenvalue weighted by molar-refractivity contribution is 0.142. The lowest BCUT2D eigenvalue weighted by atomic mass is 10.5. The second kappa shape index (κ2) is 2.88. The molecule has 4 nitrogen and oxygen atoms in total. The lowest BCUT2D eigenvalue weighted by Gasteiger charge is -1.99.